The Bertz CT molecular complexity index is 1060. The van der Waals surface area contributed by atoms with E-state index in [4.69, 9.17) is 13.5 Å². The molecule has 0 saturated heterocycles. The van der Waals surface area contributed by atoms with Gasteiger partial charge in [0.2, 0.25) is 0 Å². The van der Waals surface area contributed by atoms with E-state index in [0.29, 0.717) is 38.0 Å². The number of hydrogen-bond acceptors (Lipinski definition) is 7. The summed E-state index contributed by atoms with van der Waals surface area (Å²) in [6.45, 7) is 6.58. The van der Waals surface area contributed by atoms with Gasteiger partial charge >= 0.3 is 26.8 Å². The summed E-state index contributed by atoms with van der Waals surface area (Å²) < 4.78 is 75.5. The monoisotopic (exact) mass is 552 g/mol. The lowest BCUT2D eigenvalue weighted by atomic mass is 9.43. The second-order valence-corrected chi connectivity index (χ2v) is 14.4. The Labute approximate surface area is 214 Å². The zero-order valence-electron chi connectivity index (χ0n) is 21.2. The van der Waals surface area contributed by atoms with E-state index in [9.17, 15) is 30.7 Å². The summed E-state index contributed by atoms with van der Waals surface area (Å²) in [7, 11) is -9.30. The molecule has 1 unspecified atom stereocenters. The normalized spacial score (nSPS) is 43.8. The van der Waals surface area contributed by atoms with Crippen LogP contribution in [0.15, 0.2) is 0 Å². The highest BCUT2D eigenvalue weighted by Gasteiger charge is 2.64. The first kappa shape index (κ1) is 28.2. The Hall–Kier alpha value is -0.790. The smallest absolute Gasteiger partial charge is 0.397 e. The molecule has 4 fully saturated rings. The number of rotatable bonds is 8. The van der Waals surface area contributed by atoms with Crippen LogP contribution < -0.4 is 0 Å². The number of aliphatic carboxylic acids is 1. The highest BCUT2D eigenvalue weighted by atomic mass is 32.3. The highest BCUT2D eigenvalue weighted by Crippen LogP contribution is 2.69. The Balaban J connectivity index is 1.63. The number of carboxylic acid groups (broad SMARTS) is 1. The molecule has 0 radical (unpaired) electrons. The van der Waals surface area contributed by atoms with Gasteiger partial charge in [-0.1, -0.05) is 20.8 Å². The van der Waals surface area contributed by atoms with Gasteiger partial charge in [-0.25, -0.2) is 8.37 Å². The fraction of sp³-hybridized carbons (Fsp3) is 0.958. The summed E-state index contributed by atoms with van der Waals surface area (Å²) in [6.07, 6.45) is 4.89. The van der Waals surface area contributed by atoms with Gasteiger partial charge in [-0.2, -0.15) is 16.8 Å². The van der Waals surface area contributed by atoms with Gasteiger partial charge < -0.3 is 5.11 Å². The zero-order chi connectivity index (χ0) is 26.7. The van der Waals surface area contributed by atoms with Crippen LogP contribution >= 0.6 is 0 Å². The highest BCUT2D eigenvalue weighted by molar-refractivity contribution is 7.81. The van der Waals surface area contributed by atoms with Crippen LogP contribution in [0.3, 0.4) is 0 Å². The second-order valence-electron chi connectivity index (χ2n) is 12.3. The van der Waals surface area contributed by atoms with Crippen molar-refractivity contribution in [2.24, 2.45) is 46.3 Å². The average molecular weight is 553 g/mol. The molecule has 0 spiro atoms. The van der Waals surface area contributed by atoms with E-state index in [1.54, 1.807) is 0 Å². The summed E-state index contributed by atoms with van der Waals surface area (Å²) in [6, 6.07) is 0. The molecule has 208 valence electrons. The molecule has 0 amide bonds. The first-order valence-electron chi connectivity index (χ1n) is 13.1. The predicted octanol–water partition coefficient (Wildman–Crippen LogP) is 4.13. The fourth-order valence-electron chi connectivity index (χ4n) is 9.20. The largest absolute Gasteiger partial charge is 0.481 e. The van der Waals surface area contributed by atoms with Crippen LogP contribution in [0.5, 0.6) is 0 Å². The van der Waals surface area contributed by atoms with Crippen LogP contribution in [0.1, 0.15) is 85.0 Å². The molecule has 36 heavy (non-hydrogen) atoms. The van der Waals surface area contributed by atoms with Crippen molar-refractivity contribution in [1.29, 1.82) is 0 Å². The topological polar surface area (TPSA) is 164 Å². The first-order chi connectivity index (χ1) is 16.5. The number of hydrogen-bond donors (Lipinski definition) is 3. The maximum atomic E-state index is 11.9. The van der Waals surface area contributed by atoms with Crippen molar-refractivity contribution < 1.29 is 44.2 Å². The van der Waals surface area contributed by atoms with Crippen LogP contribution in [-0.4, -0.2) is 49.2 Å². The van der Waals surface area contributed by atoms with Gasteiger partial charge in [-0.15, -0.1) is 0 Å². The Morgan fingerprint density at radius 3 is 2.14 bits per heavy atom. The van der Waals surface area contributed by atoms with Crippen molar-refractivity contribution in [3.8, 4) is 0 Å². The molecule has 0 aromatic carbocycles. The lowest BCUT2D eigenvalue weighted by Crippen LogP contribution is -2.59. The lowest BCUT2D eigenvalue weighted by Gasteiger charge is -2.62. The van der Waals surface area contributed by atoms with Crippen LogP contribution in [0.2, 0.25) is 0 Å². The SMILES string of the molecule is C[C@H](CCC(=O)O)[C@H]1CC[C@H]2C3[C@H](OS(=O)(=O)O)C[C@@H]4C[C@H](OS(=O)(=O)O)CC[C@]4(C)[C@H]3CC[C@]12C. The first-order valence-corrected chi connectivity index (χ1v) is 15.8. The van der Waals surface area contributed by atoms with E-state index in [1.807, 2.05) is 0 Å². The van der Waals surface area contributed by atoms with E-state index in [-0.39, 0.29) is 46.8 Å². The van der Waals surface area contributed by atoms with E-state index in [1.165, 1.54) is 0 Å². The minimum Gasteiger partial charge on any atom is -0.481 e. The number of carbonyl (C=O) groups is 1. The molecule has 4 saturated carbocycles. The van der Waals surface area contributed by atoms with Crippen molar-refractivity contribution in [2.75, 3.05) is 0 Å². The molecular weight excluding hydrogens is 512 g/mol. The van der Waals surface area contributed by atoms with Gasteiger partial charge in [0, 0.05) is 6.42 Å². The van der Waals surface area contributed by atoms with Gasteiger partial charge in [0.25, 0.3) is 0 Å². The Morgan fingerprint density at radius 1 is 0.917 bits per heavy atom. The Kier molecular flexibility index (Phi) is 7.64. The third-order valence-electron chi connectivity index (χ3n) is 10.7. The molecule has 0 aliphatic heterocycles. The van der Waals surface area contributed by atoms with Gasteiger partial charge in [0.05, 0.1) is 12.2 Å². The number of fused-ring (bicyclic) bond motifs is 5. The molecule has 4 aliphatic carbocycles. The summed E-state index contributed by atoms with van der Waals surface area (Å²) in [5, 5.41) is 9.17. The second kappa shape index (κ2) is 9.75. The molecule has 0 bridgehead atoms. The van der Waals surface area contributed by atoms with Crippen molar-refractivity contribution in [2.45, 2.75) is 97.2 Å². The maximum Gasteiger partial charge on any atom is 0.397 e. The molecule has 4 aliphatic rings. The minimum atomic E-state index is -4.70. The van der Waals surface area contributed by atoms with Gasteiger partial charge in [0.15, 0.2) is 0 Å². The van der Waals surface area contributed by atoms with Crippen LogP contribution in [-0.2, 0) is 34.0 Å². The van der Waals surface area contributed by atoms with E-state index < -0.39 is 39.0 Å². The van der Waals surface area contributed by atoms with Crippen LogP contribution in [0.4, 0.5) is 0 Å². The predicted molar refractivity (Wildman–Crippen MR) is 129 cm³/mol. The molecule has 12 heteroatoms. The van der Waals surface area contributed by atoms with Crippen molar-refractivity contribution >= 4 is 26.8 Å². The summed E-state index contributed by atoms with van der Waals surface area (Å²) >= 11 is 0. The summed E-state index contributed by atoms with van der Waals surface area (Å²) in [5.41, 5.74) is -0.244. The van der Waals surface area contributed by atoms with E-state index in [2.05, 4.69) is 20.8 Å². The molecule has 10 atom stereocenters. The molecule has 0 aromatic rings. The third kappa shape index (κ3) is 5.49. The standard InChI is InChI=1S/C24H40O10S2/c1-14(4-7-21(25)26)17-5-6-18-22-19(9-11-24(17,18)3)23(2)10-8-16(33-35(27,28)29)12-15(23)13-20(22)34-36(30,31)32/h14-20,22H,4-13H2,1-3H3,(H,25,26)(H,27,28,29)(H,30,31,32)/t14-,15+,16-,17-,18+,19+,20-,22?,23+,24-/m1/s1. The van der Waals surface area contributed by atoms with E-state index >= 15 is 0 Å². The maximum absolute atomic E-state index is 11.9. The lowest BCUT2D eigenvalue weighted by molar-refractivity contribution is -0.166. The minimum absolute atomic E-state index is 0.0750. The van der Waals surface area contributed by atoms with Crippen molar-refractivity contribution in [3.05, 3.63) is 0 Å². The average Bonchev–Trinajstić information content (AvgIpc) is 3.08. The van der Waals surface area contributed by atoms with Gasteiger partial charge in [-0.3, -0.25) is 13.9 Å². The zero-order valence-corrected chi connectivity index (χ0v) is 22.8. The fourth-order valence-corrected chi connectivity index (χ4v) is 10.2. The van der Waals surface area contributed by atoms with E-state index in [0.717, 1.165) is 25.7 Å². The van der Waals surface area contributed by atoms with Gasteiger partial charge in [0.1, 0.15) is 0 Å². The van der Waals surface area contributed by atoms with Crippen LogP contribution in [0.25, 0.3) is 0 Å². The van der Waals surface area contributed by atoms with Crippen LogP contribution in [0, 0.1) is 46.3 Å². The molecular formula is C24H40O10S2. The molecule has 0 aromatic heterocycles. The van der Waals surface area contributed by atoms with Crippen molar-refractivity contribution in [1.82, 2.24) is 0 Å². The molecule has 4 rings (SSSR count). The quantitative estimate of drug-likeness (QED) is 0.373. The molecule has 3 N–H and O–H groups in total. The Morgan fingerprint density at radius 2 is 1.53 bits per heavy atom. The molecule has 0 heterocycles. The van der Waals surface area contributed by atoms with Crippen molar-refractivity contribution in [3.63, 3.8) is 0 Å². The number of carboxylic acids is 1. The van der Waals surface area contributed by atoms with Gasteiger partial charge in [-0.05, 0) is 104 Å². The summed E-state index contributed by atoms with van der Waals surface area (Å²) in [5.74, 6) is -0.0748. The third-order valence-corrected chi connectivity index (χ3v) is 11.7. The summed E-state index contributed by atoms with van der Waals surface area (Å²) in [4.78, 5) is 11.2. The molecule has 10 nitrogen and oxygen atoms in total.